The highest BCUT2D eigenvalue weighted by molar-refractivity contribution is 4.78. The van der Waals surface area contributed by atoms with Crippen molar-refractivity contribution in [2.75, 3.05) is 13.1 Å². The van der Waals surface area contributed by atoms with Crippen LogP contribution in [0.4, 0.5) is 0 Å². The molecule has 72 valence electrons. The van der Waals surface area contributed by atoms with E-state index in [9.17, 15) is 0 Å². The summed E-state index contributed by atoms with van der Waals surface area (Å²) in [6.07, 6.45) is 5.61. The van der Waals surface area contributed by atoms with Gasteiger partial charge in [0.1, 0.15) is 0 Å². The molecule has 2 nitrogen and oxygen atoms in total. The summed E-state index contributed by atoms with van der Waals surface area (Å²) in [7, 11) is 0. The molecule has 0 radical (unpaired) electrons. The Morgan fingerprint density at radius 3 is 2.42 bits per heavy atom. The third-order valence-electron chi connectivity index (χ3n) is 2.77. The van der Waals surface area contributed by atoms with Gasteiger partial charge in [0.05, 0.1) is 0 Å². The van der Waals surface area contributed by atoms with Crippen LogP contribution in [-0.4, -0.2) is 30.1 Å². The molecule has 0 heterocycles. The smallest absolute Gasteiger partial charge is 0.0139 e. The van der Waals surface area contributed by atoms with Crippen molar-refractivity contribution >= 4 is 0 Å². The SMILES string of the molecule is CCN(C[C@H](C)N)C1CCCC1. The van der Waals surface area contributed by atoms with Crippen LogP contribution in [0.5, 0.6) is 0 Å². The molecule has 0 aromatic heterocycles. The Bertz CT molecular complexity index is 117. The predicted molar refractivity (Wildman–Crippen MR) is 53.2 cm³/mol. The molecule has 1 aliphatic carbocycles. The third-order valence-corrected chi connectivity index (χ3v) is 2.77. The maximum atomic E-state index is 5.79. The number of likely N-dealkylation sites (N-methyl/N-ethyl adjacent to an activating group) is 1. The second-order valence-corrected chi connectivity index (χ2v) is 4.00. The Morgan fingerprint density at radius 2 is 2.00 bits per heavy atom. The quantitative estimate of drug-likeness (QED) is 0.694. The Balaban J connectivity index is 2.32. The minimum atomic E-state index is 0.325. The topological polar surface area (TPSA) is 29.3 Å². The number of nitrogens with zero attached hydrogens (tertiary/aromatic N) is 1. The Labute approximate surface area is 76.1 Å². The lowest BCUT2D eigenvalue weighted by atomic mass is 10.2. The zero-order valence-corrected chi connectivity index (χ0v) is 8.42. The minimum Gasteiger partial charge on any atom is -0.327 e. The first-order chi connectivity index (χ1) is 5.74. The van der Waals surface area contributed by atoms with Gasteiger partial charge in [-0.1, -0.05) is 19.8 Å². The molecule has 1 aliphatic rings. The summed E-state index contributed by atoms with van der Waals surface area (Å²) in [6.45, 7) is 6.56. The molecule has 2 heteroatoms. The molecule has 0 amide bonds. The lowest BCUT2D eigenvalue weighted by molar-refractivity contribution is 0.200. The van der Waals surface area contributed by atoms with Gasteiger partial charge in [0.25, 0.3) is 0 Å². The zero-order valence-electron chi connectivity index (χ0n) is 8.42. The van der Waals surface area contributed by atoms with Crippen LogP contribution >= 0.6 is 0 Å². The van der Waals surface area contributed by atoms with Gasteiger partial charge in [-0.15, -0.1) is 0 Å². The van der Waals surface area contributed by atoms with Crippen LogP contribution in [0.2, 0.25) is 0 Å². The van der Waals surface area contributed by atoms with Crippen LogP contribution in [0, 0.1) is 0 Å². The average Bonchev–Trinajstić information content (AvgIpc) is 2.51. The summed E-state index contributed by atoms with van der Waals surface area (Å²) in [6, 6.07) is 1.16. The highest BCUT2D eigenvalue weighted by Crippen LogP contribution is 2.23. The van der Waals surface area contributed by atoms with E-state index in [4.69, 9.17) is 5.73 Å². The van der Waals surface area contributed by atoms with Crippen LogP contribution in [0.25, 0.3) is 0 Å². The molecule has 0 aliphatic heterocycles. The van der Waals surface area contributed by atoms with Crippen LogP contribution in [0.3, 0.4) is 0 Å². The Hall–Kier alpha value is -0.0800. The number of hydrogen-bond donors (Lipinski definition) is 1. The van der Waals surface area contributed by atoms with E-state index < -0.39 is 0 Å². The van der Waals surface area contributed by atoms with Crippen molar-refractivity contribution in [2.24, 2.45) is 5.73 Å². The van der Waals surface area contributed by atoms with E-state index in [-0.39, 0.29) is 0 Å². The van der Waals surface area contributed by atoms with E-state index in [1.165, 1.54) is 25.7 Å². The second-order valence-electron chi connectivity index (χ2n) is 4.00. The first-order valence-corrected chi connectivity index (χ1v) is 5.23. The molecule has 1 atom stereocenters. The van der Waals surface area contributed by atoms with Crippen molar-refractivity contribution in [3.8, 4) is 0 Å². The monoisotopic (exact) mass is 170 g/mol. The van der Waals surface area contributed by atoms with E-state index in [2.05, 4.69) is 18.7 Å². The van der Waals surface area contributed by atoms with Crippen molar-refractivity contribution in [1.29, 1.82) is 0 Å². The number of hydrogen-bond acceptors (Lipinski definition) is 2. The molecule has 1 saturated carbocycles. The fourth-order valence-electron chi connectivity index (χ4n) is 2.18. The highest BCUT2D eigenvalue weighted by Gasteiger charge is 2.21. The molecule has 0 saturated heterocycles. The van der Waals surface area contributed by atoms with Gasteiger partial charge < -0.3 is 5.73 Å². The molecule has 12 heavy (non-hydrogen) atoms. The summed E-state index contributed by atoms with van der Waals surface area (Å²) < 4.78 is 0. The standard InChI is InChI=1S/C10H22N2/c1-3-12(8-9(2)11)10-6-4-5-7-10/h9-10H,3-8,11H2,1-2H3/t9-/m0/s1. The summed E-state index contributed by atoms with van der Waals surface area (Å²) >= 11 is 0. The van der Waals surface area contributed by atoms with Crippen LogP contribution in [0.1, 0.15) is 39.5 Å². The highest BCUT2D eigenvalue weighted by atomic mass is 15.2. The van der Waals surface area contributed by atoms with E-state index in [0.29, 0.717) is 6.04 Å². The fraction of sp³-hybridized carbons (Fsp3) is 1.00. The molecule has 0 bridgehead atoms. The predicted octanol–water partition coefficient (Wildman–Crippen LogP) is 1.60. The summed E-state index contributed by atoms with van der Waals surface area (Å²) in [5, 5.41) is 0. The number of nitrogens with two attached hydrogens (primary N) is 1. The Morgan fingerprint density at radius 1 is 1.42 bits per heavy atom. The molecule has 2 N–H and O–H groups in total. The van der Waals surface area contributed by atoms with Crippen LogP contribution in [0.15, 0.2) is 0 Å². The first-order valence-electron chi connectivity index (χ1n) is 5.23. The minimum absolute atomic E-state index is 0.325. The van der Waals surface area contributed by atoms with Crippen molar-refractivity contribution in [1.82, 2.24) is 4.90 Å². The normalized spacial score (nSPS) is 22.0. The largest absolute Gasteiger partial charge is 0.327 e. The van der Waals surface area contributed by atoms with Gasteiger partial charge in [-0.3, -0.25) is 4.90 Å². The van der Waals surface area contributed by atoms with Gasteiger partial charge in [0.2, 0.25) is 0 Å². The van der Waals surface area contributed by atoms with Crippen molar-refractivity contribution < 1.29 is 0 Å². The van der Waals surface area contributed by atoms with Crippen LogP contribution < -0.4 is 5.73 Å². The van der Waals surface area contributed by atoms with Gasteiger partial charge in [0.15, 0.2) is 0 Å². The maximum absolute atomic E-state index is 5.79. The average molecular weight is 170 g/mol. The molecule has 1 fully saturated rings. The van der Waals surface area contributed by atoms with E-state index in [1.54, 1.807) is 0 Å². The fourth-order valence-corrected chi connectivity index (χ4v) is 2.18. The van der Waals surface area contributed by atoms with E-state index in [0.717, 1.165) is 19.1 Å². The Kier molecular flexibility index (Phi) is 4.02. The molecule has 1 rings (SSSR count). The molecule has 0 unspecified atom stereocenters. The zero-order chi connectivity index (χ0) is 8.97. The van der Waals surface area contributed by atoms with Crippen LogP contribution in [-0.2, 0) is 0 Å². The van der Waals surface area contributed by atoms with Crippen molar-refractivity contribution in [2.45, 2.75) is 51.6 Å². The summed E-state index contributed by atoms with van der Waals surface area (Å²) in [4.78, 5) is 2.54. The number of rotatable bonds is 4. The van der Waals surface area contributed by atoms with Gasteiger partial charge >= 0.3 is 0 Å². The summed E-state index contributed by atoms with van der Waals surface area (Å²) in [5.74, 6) is 0. The van der Waals surface area contributed by atoms with Gasteiger partial charge in [-0.25, -0.2) is 0 Å². The van der Waals surface area contributed by atoms with E-state index in [1.807, 2.05) is 0 Å². The lowest BCUT2D eigenvalue weighted by Gasteiger charge is -2.28. The first kappa shape index (κ1) is 10.0. The molecular weight excluding hydrogens is 148 g/mol. The molecule has 0 aromatic rings. The summed E-state index contributed by atoms with van der Waals surface area (Å²) in [5.41, 5.74) is 5.79. The van der Waals surface area contributed by atoms with Gasteiger partial charge in [-0.05, 0) is 26.3 Å². The van der Waals surface area contributed by atoms with Gasteiger partial charge in [0, 0.05) is 18.6 Å². The molecular formula is C10H22N2. The maximum Gasteiger partial charge on any atom is 0.0139 e. The third kappa shape index (κ3) is 2.76. The second kappa shape index (κ2) is 4.83. The molecule has 0 spiro atoms. The van der Waals surface area contributed by atoms with E-state index >= 15 is 0 Å². The van der Waals surface area contributed by atoms with Crippen molar-refractivity contribution in [3.05, 3.63) is 0 Å². The van der Waals surface area contributed by atoms with Crippen molar-refractivity contribution in [3.63, 3.8) is 0 Å². The lowest BCUT2D eigenvalue weighted by Crippen LogP contribution is -2.41. The molecule has 0 aromatic carbocycles. The van der Waals surface area contributed by atoms with Gasteiger partial charge in [-0.2, -0.15) is 0 Å².